The van der Waals surface area contributed by atoms with E-state index in [1.54, 1.807) is 13.3 Å². The zero-order valence-electron chi connectivity index (χ0n) is 12.5. The molecule has 3 aromatic rings. The van der Waals surface area contributed by atoms with Gasteiger partial charge in [-0.3, -0.25) is 0 Å². The fraction of sp³-hybridized carbons (Fsp3) is 0.0588. The normalized spacial score (nSPS) is 10.2. The van der Waals surface area contributed by atoms with E-state index in [1.807, 2.05) is 54.6 Å². The summed E-state index contributed by atoms with van der Waals surface area (Å²) in [5, 5.41) is 6.42. The van der Waals surface area contributed by atoms with Crippen LogP contribution in [0.4, 0.5) is 23.1 Å². The molecule has 2 N–H and O–H groups in total. The summed E-state index contributed by atoms with van der Waals surface area (Å²) in [5.41, 5.74) is 1.75. The van der Waals surface area contributed by atoms with Crippen LogP contribution in [-0.4, -0.2) is 17.1 Å². The zero-order valence-corrected chi connectivity index (χ0v) is 14.0. The maximum atomic E-state index is 5.32. The smallest absolute Gasteiger partial charge is 0.229 e. The number of rotatable bonds is 5. The lowest BCUT2D eigenvalue weighted by Crippen LogP contribution is -2.01. The lowest BCUT2D eigenvalue weighted by atomic mass is 10.3. The number of para-hydroxylation sites is 3. The van der Waals surface area contributed by atoms with Gasteiger partial charge in [0.1, 0.15) is 11.6 Å². The second-order valence-electron chi connectivity index (χ2n) is 4.70. The number of aromatic nitrogens is 2. The van der Waals surface area contributed by atoms with Gasteiger partial charge in [0.05, 0.1) is 18.5 Å². The molecule has 0 aliphatic rings. The van der Waals surface area contributed by atoms with E-state index >= 15 is 0 Å². The predicted octanol–water partition coefficient (Wildman–Crippen LogP) is 4.73. The van der Waals surface area contributed by atoms with E-state index in [-0.39, 0.29) is 0 Å². The van der Waals surface area contributed by atoms with Crippen molar-refractivity contribution in [3.05, 3.63) is 65.3 Å². The number of anilines is 4. The number of benzene rings is 2. The molecule has 23 heavy (non-hydrogen) atoms. The van der Waals surface area contributed by atoms with Crippen molar-refractivity contribution in [1.82, 2.24) is 9.97 Å². The van der Waals surface area contributed by atoms with Crippen LogP contribution in [0.3, 0.4) is 0 Å². The molecule has 3 rings (SSSR count). The van der Waals surface area contributed by atoms with Crippen LogP contribution in [0.25, 0.3) is 0 Å². The molecule has 1 aromatic heterocycles. The molecule has 0 radical (unpaired) electrons. The van der Waals surface area contributed by atoms with Crippen molar-refractivity contribution in [3.8, 4) is 5.75 Å². The first-order valence-electron chi connectivity index (χ1n) is 7.01. The Bertz CT molecular complexity index is 810. The zero-order chi connectivity index (χ0) is 16.1. The van der Waals surface area contributed by atoms with E-state index in [4.69, 9.17) is 4.74 Å². The van der Waals surface area contributed by atoms with Gasteiger partial charge in [0.25, 0.3) is 0 Å². The summed E-state index contributed by atoms with van der Waals surface area (Å²) >= 11 is 3.51. The molecule has 1 heterocycles. The molecule has 5 nitrogen and oxygen atoms in total. The van der Waals surface area contributed by atoms with Gasteiger partial charge in [-0.25, -0.2) is 4.98 Å². The minimum atomic E-state index is 0.492. The molecule has 0 atom stereocenters. The molecule has 116 valence electrons. The van der Waals surface area contributed by atoms with Crippen molar-refractivity contribution in [2.75, 3.05) is 17.7 Å². The molecule has 0 aliphatic carbocycles. The maximum absolute atomic E-state index is 5.32. The molecule has 2 aromatic carbocycles. The van der Waals surface area contributed by atoms with E-state index < -0.39 is 0 Å². The summed E-state index contributed by atoms with van der Waals surface area (Å²) < 4.78 is 6.29. The average molecular weight is 371 g/mol. The molecule has 0 spiro atoms. The highest BCUT2D eigenvalue weighted by Gasteiger charge is 2.06. The van der Waals surface area contributed by atoms with Crippen molar-refractivity contribution in [3.63, 3.8) is 0 Å². The van der Waals surface area contributed by atoms with Gasteiger partial charge in [-0.15, -0.1) is 0 Å². The highest BCUT2D eigenvalue weighted by molar-refractivity contribution is 9.10. The van der Waals surface area contributed by atoms with Crippen LogP contribution >= 0.6 is 15.9 Å². The van der Waals surface area contributed by atoms with Crippen molar-refractivity contribution < 1.29 is 4.74 Å². The number of halogens is 1. The largest absolute Gasteiger partial charge is 0.495 e. The van der Waals surface area contributed by atoms with Crippen LogP contribution in [0.1, 0.15) is 0 Å². The van der Waals surface area contributed by atoms with Gasteiger partial charge >= 0.3 is 0 Å². The highest BCUT2D eigenvalue weighted by Crippen LogP contribution is 2.27. The van der Waals surface area contributed by atoms with Crippen LogP contribution in [0, 0.1) is 0 Å². The molecular formula is C17H15BrN4O. The second-order valence-corrected chi connectivity index (χ2v) is 5.55. The van der Waals surface area contributed by atoms with E-state index in [9.17, 15) is 0 Å². The third-order valence-electron chi connectivity index (χ3n) is 3.15. The van der Waals surface area contributed by atoms with Crippen LogP contribution in [0.15, 0.2) is 65.3 Å². The second kappa shape index (κ2) is 7.11. The molecule has 6 heteroatoms. The van der Waals surface area contributed by atoms with Crippen LogP contribution in [0.2, 0.25) is 0 Å². The van der Waals surface area contributed by atoms with Crippen LogP contribution < -0.4 is 15.4 Å². The monoisotopic (exact) mass is 370 g/mol. The third-order valence-corrected chi connectivity index (χ3v) is 3.84. The van der Waals surface area contributed by atoms with Crippen molar-refractivity contribution in [1.29, 1.82) is 0 Å². The molecule has 0 saturated heterocycles. The standard InChI is InChI=1S/C17H15BrN4O/c1-23-15-9-5-4-8-14(15)21-17-19-11-10-16(22-17)20-13-7-3-2-6-12(13)18/h2-11H,1H3,(H2,19,20,21,22). The van der Waals surface area contributed by atoms with Crippen molar-refractivity contribution in [2.24, 2.45) is 0 Å². The summed E-state index contributed by atoms with van der Waals surface area (Å²) in [5.74, 6) is 1.93. The number of nitrogens with one attached hydrogen (secondary N) is 2. The van der Waals surface area contributed by atoms with Crippen LogP contribution in [-0.2, 0) is 0 Å². The fourth-order valence-corrected chi connectivity index (χ4v) is 2.44. The van der Waals surface area contributed by atoms with Gasteiger partial charge in [0.2, 0.25) is 5.95 Å². The van der Waals surface area contributed by atoms with Gasteiger partial charge in [-0.05, 0) is 46.3 Å². The number of hydrogen-bond donors (Lipinski definition) is 2. The molecule has 0 saturated carbocycles. The average Bonchev–Trinajstić information content (AvgIpc) is 2.58. The first-order chi connectivity index (χ1) is 11.3. The molecule has 0 aliphatic heterocycles. The Morgan fingerprint density at radius 2 is 1.65 bits per heavy atom. The summed E-state index contributed by atoms with van der Waals surface area (Å²) in [6.45, 7) is 0. The topological polar surface area (TPSA) is 59.1 Å². The van der Waals surface area contributed by atoms with Crippen molar-refractivity contribution in [2.45, 2.75) is 0 Å². The van der Waals surface area contributed by atoms with Gasteiger partial charge < -0.3 is 15.4 Å². The molecule has 0 bridgehead atoms. The number of methoxy groups -OCH3 is 1. The van der Waals surface area contributed by atoms with Gasteiger partial charge in [-0.2, -0.15) is 4.98 Å². The minimum Gasteiger partial charge on any atom is -0.495 e. The summed E-state index contributed by atoms with van der Waals surface area (Å²) in [7, 11) is 1.63. The van der Waals surface area contributed by atoms with Gasteiger partial charge in [0.15, 0.2) is 0 Å². The van der Waals surface area contributed by atoms with E-state index in [1.165, 1.54) is 0 Å². The summed E-state index contributed by atoms with van der Waals surface area (Å²) in [6.07, 6.45) is 1.70. The Kier molecular flexibility index (Phi) is 4.73. The maximum Gasteiger partial charge on any atom is 0.229 e. The molecule has 0 fully saturated rings. The number of hydrogen-bond acceptors (Lipinski definition) is 5. The molecule has 0 amide bonds. The quantitative estimate of drug-likeness (QED) is 0.679. The summed E-state index contributed by atoms with van der Waals surface area (Å²) in [6, 6.07) is 17.3. The van der Waals surface area contributed by atoms with E-state index in [0.29, 0.717) is 11.8 Å². The first-order valence-corrected chi connectivity index (χ1v) is 7.80. The predicted molar refractivity (Wildman–Crippen MR) is 95.7 cm³/mol. The van der Waals surface area contributed by atoms with E-state index in [0.717, 1.165) is 21.6 Å². The lowest BCUT2D eigenvalue weighted by molar-refractivity contribution is 0.417. The van der Waals surface area contributed by atoms with E-state index in [2.05, 4.69) is 36.5 Å². The Hall–Kier alpha value is -2.60. The first kappa shape index (κ1) is 15.3. The third kappa shape index (κ3) is 3.78. The lowest BCUT2D eigenvalue weighted by Gasteiger charge is -2.11. The van der Waals surface area contributed by atoms with Crippen LogP contribution in [0.5, 0.6) is 5.75 Å². The molecule has 0 unspecified atom stereocenters. The SMILES string of the molecule is COc1ccccc1Nc1nccc(Nc2ccccc2Br)n1. The minimum absolute atomic E-state index is 0.492. The van der Waals surface area contributed by atoms with Gasteiger partial charge in [0, 0.05) is 10.7 Å². The Balaban J connectivity index is 1.81. The highest BCUT2D eigenvalue weighted by atomic mass is 79.9. The Morgan fingerprint density at radius 1 is 0.913 bits per heavy atom. The number of ether oxygens (including phenoxy) is 1. The fourth-order valence-electron chi connectivity index (χ4n) is 2.06. The van der Waals surface area contributed by atoms with Crippen molar-refractivity contribution >= 4 is 39.1 Å². The van der Waals surface area contributed by atoms with Gasteiger partial charge in [-0.1, -0.05) is 24.3 Å². The Morgan fingerprint density at radius 3 is 2.43 bits per heavy atom. The number of nitrogens with zero attached hydrogens (tertiary/aromatic N) is 2. The Labute approximate surface area is 142 Å². The summed E-state index contributed by atoms with van der Waals surface area (Å²) in [4.78, 5) is 8.71. The molecular weight excluding hydrogens is 356 g/mol.